The van der Waals surface area contributed by atoms with Crippen molar-refractivity contribution in [2.24, 2.45) is 23.7 Å². The molecule has 0 N–H and O–H groups in total. The lowest BCUT2D eigenvalue weighted by Gasteiger charge is -2.42. The van der Waals surface area contributed by atoms with E-state index in [9.17, 15) is 4.79 Å². The molecule has 0 aliphatic carbocycles. The number of ether oxygens (including phenoxy) is 3. The molecule has 0 saturated carbocycles. The van der Waals surface area contributed by atoms with Gasteiger partial charge in [-0.25, -0.2) is 0 Å². The van der Waals surface area contributed by atoms with E-state index in [0.717, 1.165) is 47.7 Å². The minimum Gasteiger partial charge on any atom is -0.497 e. The molecule has 1 fully saturated rings. The van der Waals surface area contributed by atoms with E-state index < -0.39 is 0 Å². The minimum absolute atomic E-state index is 0.0656. The maximum Gasteiger partial charge on any atom is 0.310 e. The summed E-state index contributed by atoms with van der Waals surface area (Å²) in [4.78, 5) is 12.1. The Morgan fingerprint density at radius 2 is 1.59 bits per heavy atom. The first-order valence-corrected chi connectivity index (χ1v) is 12.9. The van der Waals surface area contributed by atoms with Gasteiger partial charge in [0.25, 0.3) is 0 Å². The molecule has 0 unspecified atom stereocenters. The normalized spacial score (nSPS) is 23.8. The maximum atomic E-state index is 12.1. The molecule has 2 aliphatic heterocycles. The third-order valence-corrected chi connectivity index (χ3v) is 7.40. The third-order valence-electron chi connectivity index (χ3n) is 7.40. The molecule has 4 heteroatoms. The highest BCUT2D eigenvalue weighted by molar-refractivity contribution is 5.72. The van der Waals surface area contributed by atoms with Gasteiger partial charge in [-0.15, -0.1) is 0 Å². The van der Waals surface area contributed by atoms with Crippen LogP contribution in [0.1, 0.15) is 104 Å². The molecule has 0 spiro atoms. The van der Waals surface area contributed by atoms with Gasteiger partial charge in [0.05, 0.1) is 13.5 Å². The Morgan fingerprint density at radius 1 is 0.938 bits per heavy atom. The lowest BCUT2D eigenvalue weighted by molar-refractivity contribution is -0.171. The van der Waals surface area contributed by atoms with Crippen LogP contribution in [0.2, 0.25) is 0 Å². The van der Waals surface area contributed by atoms with Crippen LogP contribution in [-0.2, 0) is 9.53 Å². The van der Waals surface area contributed by atoms with Crippen molar-refractivity contribution < 1.29 is 19.0 Å². The van der Waals surface area contributed by atoms with Gasteiger partial charge >= 0.3 is 5.97 Å². The summed E-state index contributed by atoms with van der Waals surface area (Å²) in [5, 5.41) is 0. The summed E-state index contributed by atoms with van der Waals surface area (Å²) in [5.74, 6) is 4.12. The van der Waals surface area contributed by atoms with Crippen molar-refractivity contribution in [1.82, 2.24) is 0 Å². The molecule has 1 saturated heterocycles. The smallest absolute Gasteiger partial charge is 0.310 e. The quantitative estimate of drug-likeness (QED) is 0.295. The van der Waals surface area contributed by atoms with Crippen LogP contribution >= 0.6 is 0 Å². The van der Waals surface area contributed by atoms with Gasteiger partial charge in [-0.1, -0.05) is 79.1 Å². The van der Waals surface area contributed by atoms with Crippen LogP contribution in [0, 0.1) is 23.7 Å². The highest BCUT2D eigenvalue weighted by Crippen LogP contribution is 2.48. The van der Waals surface area contributed by atoms with E-state index in [4.69, 9.17) is 14.2 Å². The van der Waals surface area contributed by atoms with E-state index >= 15 is 0 Å². The van der Waals surface area contributed by atoms with E-state index in [1.165, 1.54) is 44.9 Å². The number of hydrogen-bond acceptors (Lipinski definition) is 4. The van der Waals surface area contributed by atoms with Crippen LogP contribution in [0.3, 0.4) is 0 Å². The van der Waals surface area contributed by atoms with Gasteiger partial charge in [-0.2, -0.15) is 0 Å². The van der Waals surface area contributed by atoms with Crippen molar-refractivity contribution in [3.05, 3.63) is 23.8 Å². The van der Waals surface area contributed by atoms with E-state index in [2.05, 4.69) is 27.7 Å². The highest BCUT2D eigenvalue weighted by atomic mass is 16.6. The van der Waals surface area contributed by atoms with Gasteiger partial charge in [0.15, 0.2) is 0 Å². The molecular formula is C28H44O4. The van der Waals surface area contributed by atoms with Gasteiger partial charge in [-0.05, 0) is 42.4 Å². The average Bonchev–Trinajstić information content (AvgIpc) is 2.74. The number of carbonyl (C=O) groups is 1. The molecule has 4 nitrogen and oxygen atoms in total. The molecule has 1 aromatic carbocycles. The van der Waals surface area contributed by atoms with Crippen LogP contribution < -0.4 is 9.47 Å². The second-order valence-corrected chi connectivity index (χ2v) is 10.7. The fourth-order valence-electron chi connectivity index (χ4n) is 5.37. The van der Waals surface area contributed by atoms with Crippen LogP contribution in [0.4, 0.5) is 0 Å². The van der Waals surface area contributed by atoms with E-state index in [1.54, 1.807) is 7.11 Å². The van der Waals surface area contributed by atoms with Crippen LogP contribution in [0.15, 0.2) is 18.2 Å². The first kappa shape index (κ1) is 24.9. The molecule has 2 bridgehead atoms. The number of carbonyl (C=O) groups excluding carboxylic acids is 1. The van der Waals surface area contributed by atoms with Gasteiger partial charge < -0.3 is 14.2 Å². The van der Waals surface area contributed by atoms with Crippen LogP contribution in [0.5, 0.6) is 11.5 Å². The van der Waals surface area contributed by atoms with Crippen molar-refractivity contribution in [2.75, 3.05) is 7.11 Å². The lowest BCUT2D eigenvalue weighted by atomic mass is 9.80. The van der Waals surface area contributed by atoms with Crippen LogP contribution in [-0.4, -0.2) is 19.2 Å². The van der Waals surface area contributed by atoms with E-state index in [0.29, 0.717) is 6.42 Å². The van der Waals surface area contributed by atoms with E-state index in [1.807, 2.05) is 18.2 Å². The van der Waals surface area contributed by atoms with Gasteiger partial charge in [0, 0.05) is 11.5 Å². The minimum atomic E-state index is -0.206. The third kappa shape index (κ3) is 6.89. The van der Waals surface area contributed by atoms with Crippen molar-refractivity contribution in [3.63, 3.8) is 0 Å². The standard InChI is InChI=1S/C28H44O4/c1-19(2)9-6-10-20(3)11-7-12-21(4)13-8-14-23-26-18-27(29)32-28(23)24-17-22(30-5)15-16-25(24)31-26/h15-17,19-21,23,26,28H,6-14,18H2,1-5H3/t20-,21-,23+,26-,28-/m0/s1. The molecule has 3 rings (SSSR count). The second-order valence-electron chi connectivity index (χ2n) is 10.7. The molecule has 32 heavy (non-hydrogen) atoms. The van der Waals surface area contributed by atoms with Crippen LogP contribution in [0.25, 0.3) is 0 Å². The summed E-state index contributed by atoms with van der Waals surface area (Å²) in [6.45, 7) is 9.44. The summed E-state index contributed by atoms with van der Waals surface area (Å²) in [6.07, 6.45) is 11.6. The zero-order valence-electron chi connectivity index (χ0n) is 20.9. The van der Waals surface area contributed by atoms with Gasteiger partial charge in [-0.3, -0.25) is 4.79 Å². The van der Waals surface area contributed by atoms with Crippen molar-refractivity contribution in [3.8, 4) is 11.5 Å². The Labute approximate surface area is 195 Å². The van der Waals surface area contributed by atoms with Gasteiger partial charge in [0.1, 0.15) is 23.7 Å². The Morgan fingerprint density at radius 3 is 2.25 bits per heavy atom. The molecule has 1 aromatic rings. The summed E-state index contributed by atoms with van der Waals surface area (Å²) >= 11 is 0. The molecule has 5 atom stereocenters. The zero-order chi connectivity index (χ0) is 23.1. The molecule has 2 aliphatic rings. The maximum absolute atomic E-state index is 12.1. The number of fused-ring (bicyclic) bond motifs is 4. The molecule has 0 amide bonds. The summed E-state index contributed by atoms with van der Waals surface area (Å²) in [7, 11) is 1.66. The van der Waals surface area contributed by atoms with E-state index in [-0.39, 0.29) is 24.1 Å². The average molecular weight is 445 g/mol. The van der Waals surface area contributed by atoms with Crippen molar-refractivity contribution in [2.45, 2.75) is 104 Å². The summed E-state index contributed by atoms with van der Waals surface area (Å²) in [5.41, 5.74) is 0.957. The topological polar surface area (TPSA) is 44.8 Å². The van der Waals surface area contributed by atoms with Crippen molar-refractivity contribution >= 4 is 5.97 Å². The summed E-state index contributed by atoms with van der Waals surface area (Å²) < 4.78 is 17.4. The summed E-state index contributed by atoms with van der Waals surface area (Å²) in [6, 6.07) is 5.81. The molecule has 0 aromatic heterocycles. The Balaban J connectivity index is 1.42. The molecular weight excluding hydrogens is 400 g/mol. The Hall–Kier alpha value is -1.71. The molecule has 2 heterocycles. The fraction of sp³-hybridized carbons (Fsp3) is 0.750. The zero-order valence-corrected chi connectivity index (χ0v) is 20.9. The number of rotatable bonds is 13. The SMILES string of the molecule is COc1ccc2c(c1)[C@H]1OC(=O)C[C@H](O2)[C@H]1CCC[C@@H](C)CCC[C@@H](C)CCCC(C)C. The first-order valence-electron chi connectivity index (χ1n) is 12.9. The van der Waals surface area contributed by atoms with Crippen molar-refractivity contribution in [1.29, 1.82) is 0 Å². The number of esters is 1. The monoisotopic (exact) mass is 444 g/mol. The molecule has 180 valence electrons. The predicted molar refractivity (Wildman–Crippen MR) is 129 cm³/mol. The second kappa shape index (κ2) is 12.0. The largest absolute Gasteiger partial charge is 0.497 e. The number of methoxy groups -OCH3 is 1. The fourth-order valence-corrected chi connectivity index (χ4v) is 5.37. The number of hydrogen-bond donors (Lipinski definition) is 0. The Kier molecular flexibility index (Phi) is 9.31. The number of benzene rings is 1. The Bertz CT molecular complexity index is 728. The first-order chi connectivity index (χ1) is 15.4. The predicted octanol–water partition coefficient (Wildman–Crippen LogP) is 7.50. The molecule has 0 radical (unpaired) electrons. The van der Waals surface area contributed by atoms with Gasteiger partial charge in [0.2, 0.25) is 0 Å². The lowest BCUT2D eigenvalue weighted by Crippen LogP contribution is -2.44. The highest BCUT2D eigenvalue weighted by Gasteiger charge is 2.45.